The molecule has 0 saturated carbocycles. The average Bonchev–Trinajstić information content (AvgIpc) is 2.86. The number of nitrogens with zero attached hydrogens (tertiary/aromatic N) is 3. The molecule has 0 aliphatic carbocycles. The number of methoxy groups -OCH3 is 1. The number of pyridine rings is 1. The largest absolute Gasteiger partial charge is 0.389 e. The smallest absolute Gasteiger partial charge is 0.204 e. The van der Waals surface area contributed by atoms with E-state index in [0.29, 0.717) is 36.3 Å². The van der Waals surface area contributed by atoms with Gasteiger partial charge in [0.25, 0.3) is 0 Å². The molecule has 1 aromatic carbocycles. The molecule has 0 spiro atoms. The number of rotatable bonds is 6. The van der Waals surface area contributed by atoms with Crippen molar-refractivity contribution in [2.45, 2.75) is 26.0 Å². The number of fused-ring (bicyclic) bond motifs is 3. The molecular weight excluding hydrogens is 328 g/mol. The van der Waals surface area contributed by atoms with Crippen molar-refractivity contribution in [1.82, 2.24) is 14.5 Å². The number of aliphatic hydroxyl groups is 1. The molecule has 0 aliphatic heterocycles. The standard InChI is InChI=1S/C17H21ClN4O2/c1-17(2,23)10-22-14-11-6-4-5-7-12(11)20-15(18)13(14)21-16(22)19-8-9-24-3/h4-7,23H,8-10H2,1-3H3,(H,19,21). The van der Waals surface area contributed by atoms with Gasteiger partial charge in [0.1, 0.15) is 5.52 Å². The lowest BCUT2D eigenvalue weighted by Crippen LogP contribution is -2.27. The number of anilines is 1. The summed E-state index contributed by atoms with van der Waals surface area (Å²) in [5.41, 5.74) is 1.39. The Morgan fingerprint density at radius 1 is 1.29 bits per heavy atom. The lowest BCUT2D eigenvalue weighted by atomic mass is 10.1. The van der Waals surface area contributed by atoms with Crippen molar-refractivity contribution in [3.05, 3.63) is 29.4 Å². The fourth-order valence-electron chi connectivity index (χ4n) is 2.74. The Labute approximate surface area is 145 Å². The minimum absolute atomic E-state index is 0.355. The van der Waals surface area contributed by atoms with Gasteiger partial charge in [-0.2, -0.15) is 0 Å². The molecule has 0 aliphatic rings. The molecular formula is C17H21ClN4O2. The summed E-state index contributed by atoms with van der Waals surface area (Å²) >= 11 is 6.35. The number of hydrogen-bond donors (Lipinski definition) is 2. The molecule has 6 nitrogen and oxygen atoms in total. The van der Waals surface area contributed by atoms with Crippen LogP contribution in [0.25, 0.3) is 21.9 Å². The molecule has 2 aromatic heterocycles. The van der Waals surface area contributed by atoms with Crippen LogP contribution in [0.15, 0.2) is 24.3 Å². The van der Waals surface area contributed by atoms with Crippen LogP contribution in [0.1, 0.15) is 13.8 Å². The minimum Gasteiger partial charge on any atom is -0.389 e. The summed E-state index contributed by atoms with van der Waals surface area (Å²) < 4.78 is 7.04. The van der Waals surface area contributed by atoms with E-state index in [-0.39, 0.29) is 0 Å². The van der Waals surface area contributed by atoms with Gasteiger partial charge in [0.15, 0.2) is 5.15 Å². The first-order valence-corrected chi connectivity index (χ1v) is 8.18. The first kappa shape index (κ1) is 17.0. The maximum absolute atomic E-state index is 10.3. The second kappa shape index (κ2) is 6.55. The summed E-state index contributed by atoms with van der Waals surface area (Å²) in [5.74, 6) is 0.643. The molecule has 2 heterocycles. The van der Waals surface area contributed by atoms with E-state index < -0.39 is 5.60 Å². The number of nitrogens with one attached hydrogen (secondary N) is 1. The number of benzene rings is 1. The summed E-state index contributed by atoms with van der Waals surface area (Å²) in [6, 6.07) is 7.78. The highest BCUT2D eigenvalue weighted by molar-refractivity contribution is 6.35. The maximum atomic E-state index is 10.3. The van der Waals surface area contributed by atoms with Gasteiger partial charge in [-0.05, 0) is 19.9 Å². The quantitative estimate of drug-likeness (QED) is 0.529. The fraction of sp³-hybridized carbons (Fsp3) is 0.412. The van der Waals surface area contributed by atoms with Crippen molar-refractivity contribution in [2.75, 3.05) is 25.6 Å². The lowest BCUT2D eigenvalue weighted by molar-refractivity contribution is 0.0632. The highest BCUT2D eigenvalue weighted by atomic mass is 35.5. The van der Waals surface area contributed by atoms with Gasteiger partial charge in [0.05, 0.1) is 29.8 Å². The van der Waals surface area contributed by atoms with Crippen LogP contribution in [0.4, 0.5) is 5.95 Å². The van der Waals surface area contributed by atoms with Gasteiger partial charge in [0, 0.05) is 19.0 Å². The Kier molecular flexibility index (Phi) is 4.62. The van der Waals surface area contributed by atoms with Crippen molar-refractivity contribution in [3.63, 3.8) is 0 Å². The van der Waals surface area contributed by atoms with E-state index in [1.54, 1.807) is 21.0 Å². The van der Waals surface area contributed by atoms with E-state index in [9.17, 15) is 5.11 Å². The summed E-state index contributed by atoms with van der Waals surface area (Å²) in [6.07, 6.45) is 0. The molecule has 0 fully saturated rings. The van der Waals surface area contributed by atoms with Gasteiger partial charge >= 0.3 is 0 Å². The Morgan fingerprint density at radius 3 is 2.75 bits per heavy atom. The number of imidazole rings is 1. The van der Waals surface area contributed by atoms with Crippen LogP contribution in [-0.2, 0) is 11.3 Å². The lowest BCUT2D eigenvalue weighted by Gasteiger charge is -2.20. The zero-order chi connectivity index (χ0) is 17.3. The minimum atomic E-state index is -0.901. The molecule has 0 unspecified atom stereocenters. The molecule has 0 bridgehead atoms. The third-order valence-electron chi connectivity index (χ3n) is 3.68. The summed E-state index contributed by atoms with van der Waals surface area (Å²) in [7, 11) is 1.65. The van der Waals surface area contributed by atoms with E-state index in [1.807, 2.05) is 28.8 Å². The van der Waals surface area contributed by atoms with Crippen molar-refractivity contribution >= 4 is 39.5 Å². The number of para-hydroxylation sites is 1. The topological polar surface area (TPSA) is 72.2 Å². The average molecular weight is 349 g/mol. The highest BCUT2D eigenvalue weighted by Crippen LogP contribution is 2.32. The monoisotopic (exact) mass is 348 g/mol. The molecule has 3 rings (SSSR count). The Morgan fingerprint density at radius 2 is 2.04 bits per heavy atom. The van der Waals surface area contributed by atoms with E-state index in [2.05, 4.69) is 15.3 Å². The molecule has 128 valence electrons. The molecule has 2 N–H and O–H groups in total. The van der Waals surface area contributed by atoms with Crippen LogP contribution in [0.2, 0.25) is 5.15 Å². The zero-order valence-corrected chi connectivity index (χ0v) is 14.8. The number of hydrogen-bond acceptors (Lipinski definition) is 5. The first-order valence-electron chi connectivity index (χ1n) is 7.80. The molecule has 3 aromatic rings. The predicted octanol–water partition coefficient (Wildman–Crippen LogP) is 3.07. The summed E-state index contributed by atoms with van der Waals surface area (Å²) in [5, 5.41) is 14.9. The molecule has 0 amide bonds. The molecule has 0 radical (unpaired) electrons. The number of halogens is 1. The van der Waals surface area contributed by atoms with Gasteiger partial charge in [0.2, 0.25) is 5.95 Å². The van der Waals surface area contributed by atoms with Crippen LogP contribution in [0, 0.1) is 0 Å². The second-order valence-corrected chi connectivity index (χ2v) is 6.73. The van der Waals surface area contributed by atoms with Crippen LogP contribution in [0.3, 0.4) is 0 Å². The van der Waals surface area contributed by atoms with E-state index in [1.165, 1.54) is 0 Å². The van der Waals surface area contributed by atoms with E-state index >= 15 is 0 Å². The van der Waals surface area contributed by atoms with Gasteiger partial charge in [-0.15, -0.1) is 0 Å². The number of ether oxygens (including phenoxy) is 1. The Balaban J connectivity index is 2.24. The van der Waals surface area contributed by atoms with Crippen LogP contribution in [-0.4, -0.2) is 45.5 Å². The fourth-order valence-corrected chi connectivity index (χ4v) is 2.96. The second-order valence-electron chi connectivity index (χ2n) is 6.37. The van der Waals surface area contributed by atoms with Crippen LogP contribution in [0.5, 0.6) is 0 Å². The van der Waals surface area contributed by atoms with E-state index in [4.69, 9.17) is 16.3 Å². The zero-order valence-electron chi connectivity index (χ0n) is 14.0. The Hall–Kier alpha value is -1.89. The van der Waals surface area contributed by atoms with Crippen molar-refractivity contribution in [3.8, 4) is 0 Å². The molecule has 0 atom stereocenters. The van der Waals surface area contributed by atoms with Crippen molar-refractivity contribution < 1.29 is 9.84 Å². The van der Waals surface area contributed by atoms with E-state index in [0.717, 1.165) is 16.4 Å². The van der Waals surface area contributed by atoms with Crippen LogP contribution < -0.4 is 5.32 Å². The van der Waals surface area contributed by atoms with Crippen LogP contribution >= 0.6 is 11.6 Å². The Bertz CT molecular complexity index is 870. The van der Waals surface area contributed by atoms with Gasteiger partial charge in [-0.25, -0.2) is 9.97 Å². The third kappa shape index (κ3) is 3.31. The van der Waals surface area contributed by atoms with Crippen molar-refractivity contribution in [1.29, 1.82) is 0 Å². The van der Waals surface area contributed by atoms with Gasteiger partial charge in [-0.3, -0.25) is 0 Å². The summed E-state index contributed by atoms with van der Waals surface area (Å²) in [6.45, 7) is 5.07. The predicted molar refractivity (Wildman–Crippen MR) is 96.7 cm³/mol. The van der Waals surface area contributed by atoms with Gasteiger partial charge in [-0.1, -0.05) is 29.8 Å². The number of aromatic nitrogens is 3. The van der Waals surface area contributed by atoms with Crippen molar-refractivity contribution in [2.24, 2.45) is 0 Å². The first-order chi connectivity index (χ1) is 11.4. The normalized spacial score (nSPS) is 12.2. The molecule has 24 heavy (non-hydrogen) atoms. The van der Waals surface area contributed by atoms with Gasteiger partial charge < -0.3 is 19.7 Å². The summed E-state index contributed by atoms with van der Waals surface area (Å²) in [4.78, 5) is 9.03. The third-order valence-corrected chi connectivity index (χ3v) is 3.94. The SMILES string of the molecule is COCCNc1nc2c(Cl)nc3ccccc3c2n1CC(C)(C)O. The highest BCUT2D eigenvalue weighted by Gasteiger charge is 2.22. The maximum Gasteiger partial charge on any atom is 0.204 e. The molecule has 7 heteroatoms. The molecule has 0 saturated heterocycles.